The molecule has 1 saturated carbocycles. The largest absolute Gasteiger partial charge is 0.356 e. The van der Waals surface area contributed by atoms with Gasteiger partial charge in [-0.15, -0.1) is 0 Å². The van der Waals surface area contributed by atoms with Crippen molar-refractivity contribution >= 4 is 11.8 Å². The first-order chi connectivity index (χ1) is 8.34. The number of amides is 2. The molecule has 0 heterocycles. The molecule has 0 aromatic heterocycles. The lowest BCUT2D eigenvalue weighted by atomic mass is 9.96. The predicted octanol–water partition coefficient (Wildman–Crippen LogP) is 0.392. The average molecular weight is 255 g/mol. The molecule has 0 aromatic carbocycles. The number of carbonyl (C=O) groups excluding carboxylic acids is 2. The second kappa shape index (κ2) is 6.18. The number of rotatable bonds is 7. The van der Waals surface area contributed by atoms with E-state index < -0.39 is 5.54 Å². The highest BCUT2D eigenvalue weighted by molar-refractivity contribution is 5.87. The van der Waals surface area contributed by atoms with E-state index in [1.165, 1.54) is 0 Å². The van der Waals surface area contributed by atoms with E-state index in [1.807, 2.05) is 13.8 Å². The first-order valence-corrected chi connectivity index (χ1v) is 6.68. The van der Waals surface area contributed by atoms with Gasteiger partial charge in [0.05, 0.1) is 5.54 Å². The third-order valence-electron chi connectivity index (χ3n) is 3.26. The fraction of sp³-hybridized carbons (Fsp3) is 0.846. The van der Waals surface area contributed by atoms with E-state index in [4.69, 9.17) is 5.73 Å². The lowest BCUT2D eigenvalue weighted by molar-refractivity contribution is -0.126. The van der Waals surface area contributed by atoms with Gasteiger partial charge in [-0.2, -0.15) is 0 Å². The van der Waals surface area contributed by atoms with E-state index >= 15 is 0 Å². The van der Waals surface area contributed by atoms with Crippen LogP contribution in [-0.2, 0) is 9.59 Å². The minimum Gasteiger partial charge on any atom is -0.356 e. The molecule has 4 N–H and O–H groups in total. The van der Waals surface area contributed by atoms with E-state index in [9.17, 15) is 9.59 Å². The van der Waals surface area contributed by atoms with Crippen LogP contribution in [0.1, 0.15) is 40.0 Å². The Kier molecular flexibility index (Phi) is 5.14. The van der Waals surface area contributed by atoms with Gasteiger partial charge in [0.15, 0.2) is 0 Å². The van der Waals surface area contributed by atoms with Crippen molar-refractivity contribution in [2.75, 3.05) is 13.1 Å². The predicted molar refractivity (Wildman–Crippen MR) is 70.8 cm³/mol. The van der Waals surface area contributed by atoms with Crippen molar-refractivity contribution in [3.05, 3.63) is 0 Å². The van der Waals surface area contributed by atoms with Crippen LogP contribution in [0.4, 0.5) is 0 Å². The van der Waals surface area contributed by atoms with Gasteiger partial charge in [-0.05, 0) is 31.6 Å². The number of hydrogen-bond acceptors (Lipinski definition) is 3. The van der Waals surface area contributed by atoms with Gasteiger partial charge in [0.2, 0.25) is 11.8 Å². The molecule has 1 aliphatic carbocycles. The topological polar surface area (TPSA) is 84.2 Å². The third-order valence-corrected chi connectivity index (χ3v) is 3.26. The van der Waals surface area contributed by atoms with Crippen LogP contribution >= 0.6 is 0 Å². The zero-order valence-corrected chi connectivity index (χ0v) is 11.6. The SMILES string of the molecule is CC(C)CNC(=O)CCNC(=O)C(C)(N)C1CC1. The lowest BCUT2D eigenvalue weighted by Gasteiger charge is -2.23. The van der Waals surface area contributed by atoms with E-state index in [2.05, 4.69) is 10.6 Å². The van der Waals surface area contributed by atoms with Gasteiger partial charge in [-0.1, -0.05) is 13.8 Å². The summed E-state index contributed by atoms with van der Waals surface area (Å²) in [6.45, 7) is 6.86. The minimum absolute atomic E-state index is 0.0332. The number of nitrogens with two attached hydrogens (primary N) is 1. The molecule has 0 saturated heterocycles. The fourth-order valence-corrected chi connectivity index (χ4v) is 1.75. The van der Waals surface area contributed by atoms with Crippen LogP contribution < -0.4 is 16.4 Å². The average Bonchev–Trinajstić information content (AvgIpc) is 3.09. The number of hydrogen-bond donors (Lipinski definition) is 3. The Morgan fingerprint density at radius 2 is 1.94 bits per heavy atom. The molecule has 0 aliphatic heterocycles. The first-order valence-electron chi connectivity index (χ1n) is 6.68. The first kappa shape index (κ1) is 15.0. The Balaban J connectivity index is 2.17. The van der Waals surface area contributed by atoms with Crippen molar-refractivity contribution in [3.8, 4) is 0 Å². The Morgan fingerprint density at radius 3 is 2.44 bits per heavy atom. The Labute approximate surface area is 109 Å². The van der Waals surface area contributed by atoms with Gasteiger partial charge in [-0.3, -0.25) is 9.59 Å². The maximum Gasteiger partial charge on any atom is 0.240 e. The van der Waals surface area contributed by atoms with Crippen molar-refractivity contribution in [1.29, 1.82) is 0 Å². The van der Waals surface area contributed by atoms with Crippen LogP contribution in [0.25, 0.3) is 0 Å². The molecule has 0 radical (unpaired) electrons. The van der Waals surface area contributed by atoms with Gasteiger partial charge < -0.3 is 16.4 Å². The molecule has 0 aromatic rings. The summed E-state index contributed by atoms with van der Waals surface area (Å²) in [5, 5.41) is 5.55. The van der Waals surface area contributed by atoms with Gasteiger partial charge >= 0.3 is 0 Å². The van der Waals surface area contributed by atoms with Crippen LogP contribution in [0.15, 0.2) is 0 Å². The Bertz CT molecular complexity index is 309. The highest BCUT2D eigenvalue weighted by atomic mass is 16.2. The van der Waals surface area contributed by atoms with Gasteiger partial charge in [-0.25, -0.2) is 0 Å². The second-order valence-electron chi connectivity index (χ2n) is 5.76. The number of nitrogens with one attached hydrogen (secondary N) is 2. The third kappa shape index (κ3) is 4.64. The van der Waals surface area contributed by atoms with Gasteiger partial charge in [0, 0.05) is 19.5 Å². The normalized spacial score (nSPS) is 18.3. The van der Waals surface area contributed by atoms with E-state index in [0.717, 1.165) is 12.8 Å². The van der Waals surface area contributed by atoms with Crippen LogP contribution in [0.2, 0.25) is 0 Å². The lowest BCUT2D eigenvalue weighted by Crippen LogP contribution is -2.53. The molecule has 18 heavy (non-hydrogen) atoms. The molecule has 0 bridgehead atoms. The Hall–Kier alpha value is -1.10. The second-order valence-corrected chi connectivity index (χ2v) is 5.76. The fourth-order valence-electron chi connectivity index (χ4n) is 1.75. The molecule has 5 nitrogen and oxygen atoms in total. The monoisotopic (exact) mass is 255 g/mol. The molecular formula is C13H25N3O2. The quantitative estimate of drug-likeness (QED) is 0.615. The molecule has 1 atom stereocenters. The molecule has 1 unspecified atom stereocenters. The summed E-state index contributed by atoms with van der Waals surface area (Å²) in [5.41, 5.74) is 5.18. The summed E-state index contributed by atoms with van der Waals surface area (Å²) in [7, 11) is 0. The van der Waals surface area contributed by atoms with Crippen LogP contribution in [0.3, 0.4) is 0 Å². The summed E-state index contributed by atoms with van der Waals surface area (Å²) in [6, 6.07) is 0. The maximum atomic E-state index is 11.8. The summed E-state index contributed by atoms with van der Waals surface area (Å²) >= 11 is 0. The molecule has 5 heteroatoms. The van der Waals surface area contributed by atoms with E-state index in [0.29, 0.717) is 31.3 Å². The summed E-state index contributed by atoms with van der Waals surface area (Å²) in [6.07, 6.45) is 2.35. The number of carbonyl (C=O) groups is 2. The van der Waals surface area contributed by atoms with Crippen LogP contribution in [0, 0.1) is 11.8 Å². The highest BCUT2D eigenvalue weighted by Gasteiger charge is 2.43. The molecule has 0 spiro atoms. The standard InChI is InChI=1S/C13H25N3O2/c1-9(2)8-16-11(17)6-7-15-12(18)13(3,14)10-4-5-10/h9-10H,4-8,14H2,1-3H3,(H,15,18)(H,16,17). The molecule has 2 amide bonds. The van der Waals surface area contributed by atoms with Crippen molar-refractivity contribution < 1.29 is 9.59 Å². The molecule has 1 fully saturated rings. The van der Waals surface area contributed by atoms with E-state index in [-0.39, 0.29) is 11.8 Å². The molecule has 104 valence electrons. The Morgan fingerprint density at radius 1 is 1.33 bits per heavy atom. The van der Waals surface area contributed by atoms with Crippen molar-refractivity contribution in [2.24, 2.45) is 17.6 Å². The van der Waals surface area contributed by atoms with Crippen LogP contribution in [0.5, 0.6) is 0 Å². The molecule has 1 aliphatic rings. The van der Waals surface area contributed by atoms with Crippen LogP contribution in [-0.4, -0.2) is 30.4 Å². The van der Waals surface area contributed by atoms with Gasteiger partial charge in [0.25, 0.3) is 0 Å². The van der Waals surface area contributed by atoms with Crippen molar-refractivity contribution in [1.82, 2.24) is 10.6 Å². The molecule has 1 rings (SSSR count). The van der Waals surface area contributed by atoms with Crippen molar-refractivity contribution in [3.63, 3.8) is 0 Å². The zero-order valence-electron chi connectivity index (χ0n) is 11.6. The van der Waals surface area contributed by atoms with Gasteiger partial charge in [0.1, 0.15) is 0 Å². The maximum absolute atomic E-state index is 11.8. The van der Waals surface area contributed by atoms with E-state index in [1.54, 1.807) is 6.92 Å². The summed E-state index contributed by atoms with van der Waals surface area (Å²) in [4.78, 5) is 23.3. The van der Waals surface area contributed by atoms with Crippen molar-refractivity contribution in [2.45, 2.75) is 45.6 Å². The zero-order chi connectivity index (χ0) is 13.8. The highest BCUT2D eigenvalue weighted by Crippen LogP contribution is 2.37. The molecular weight excluding hydrogens is 230 g/mol. The summed E-state index contributed by atoms with van der Waals surface area (Å²) < 4.78 is 0. The summed E-state index contributed by atoms with van der Waals surface area (Å²) in [5.74, 6) is 0.550. The smallest absolute Gasteiger partial charge is 0.240 e. The minimum atomic E-state index is -0.783.